The van der Waals surface area contributed by atoms with Gasteiger partial charge in [0, 0.05) is 48.4 Å². The number of fused-ring (bicyclic) bond motifs is 5. The smallest absolute Gasteiger partial charge is 0.255 e. The number of benzene rings is 1. The number of methoxy groups -OCH3 is 1. The van der Waals surface area contributed by atoms with Crippen LogP contribution >= 0.6 is 11.6 Å². The molecule has 3 aromatic rings. The van der Waals surface area contributed by atoms with Gasteiger partial charge < -0.3 is 34.7 Å². The van der Waals surface area contributed by atoms with Crippen molar-refractivity contribution >= 4 is 28.9 Å². The molecule has 3 N–H and O–H groups in total. The molecule has 2 fully saturated rings. The van der Waals surface area contributed by atoms with Gasteiger partial charge in [0.1, 0.15) is 12.4 Å². The van der Waals surface area contributed by atoms with E-state index in [0.717, 1.165) is 49.6 Å². The number of pyridine rings is 1. The van der Waals surface area contributed by atoms with E-state index in [4.69, 9.17) is 25.8 Å². The van der Waals surface area contributed by atoms with Gasteiger partial charge >= 0.3 is 0 Å². The van der Waals surface area contributed by atoms with Crippen LogP contribution in [0, 0.1) is 5.92 Å². The molecule has 4 aliphatic rings. The van der Waals surface area contributed by atoms with Gasteiger partial charge in [-0.25, -0.2) is 0 Å². The monoisotopic (exact) mass is 521 g/mol. The quantitative estimate of drug-likeness (QED) is 0.484. The SMILES string of the molecule is COc1c(Cl)cccc1Nc1c2[nH]c3c1C(=O)NC[C@@]31CCN(CC3CO[C@@H]3COc3cnccc3-2)C1. The number of aromatic nitrogens is 2. The third-order valence-electron chi connectivity index (χ3n) is 8.21. The second-order valence-electron chi connectivity index (χ2n) is 10.3. The number of H-pyrrole nitrogens is 1. The lowest BCUT2D eigenvalue weighted by atomic mass is 9.79. The van der Waals surface area contributed by atoms with Gasteiger partial charge in [0.2, 0.25) is 0 Å². The molecule has 37 heavy (non-hydrogen) atoms. The maximum Gasteiger partial charge on any atom is 0.255 e. The number of carbonyl (C=O) groups is 1. The van der Waals surface area contributed by atoms with Crippen LogP contribution in [0.3, 0.4) is 0 Å². The summed E-state index contributed by atoms with van der Waals surface area (Å²) >= 11 is 6.44. The van der Waals surface area contributed by atoms with Crippen molar-refractivity contribution in [3.05, 3.63) is 52.9 Å². The number of ether oxygens (including phenoxy) is 3. The zero-order valence-electron chi connectivity index (χ0n) is 20.5. The number of carbonyl (C=O) groups excluding carboxylic acids is 1. The van der Waals surface area contributed by atoms with Crippen molar-refractivity contribution in [2.24, 2.45) is 5.92 Å². The molecular formula is C27H28ClN5O4. The Kier molecular flexibility index (Phi) is 5.35. The summed E-state index contributed by atoms with van der Waals surface area (Å²) in [5, 5.41) is 7.17. The Hall–Kier alpha value is -3.27. The Morgan fingerprint density at radius 2 is 2.22 bits per heavy atom. The van der Waals surface area contributed by atoms with E-state index in [2.05, 4.69) is 25.5 Å². The van der Waals surface area contributed by atoms with E-state index >= 15 is 0 Å². The fourth-order valence-electron chi connectivity index (χ4n) is 6.22. The molecule has 192 valence electrons. The summed E-state index contributed by atoms with van der Waals surface area (Å²) in [5.41, 5.74) is 4.29. The van der Waals surface area contributed by atoms with Crippen molar-refractivity contribution in [2.45, 2.75) is 17.9 Å². The summed E-state index contributed by atoms with van der Waals surface area (Å²) in [6.07, 6.45) is 4.47. The van der Waals surface area contributed by atoms with Gasteiger partial charge in [0.05, 0.1) is 53.7 Å². The van der Waals surface area contributed by atoms with Gasteiger partial charge in [-0.05, 0) is 31.2 Å². The summed E-state index contributed by atoms with van der Waals surface area (Å²) in [5.74, 6) is 1.47. The lowest BCUT2D eigenvalue weighted by Gasteiger charge is -2.39. The lowest BCUT2D eigenvalue weighted by molar-refractivity contribution is -0.137. The van der Waals surface area contributed by atoms with Gasteiger partial charge in [-0.15, -0.1) is 0 Å². The van der Waals surface area contributed by atoms with Crippen LogP contribution in [0.1, 0.15) is 22.5 Å². The molecule has 10 heteroatoms. The minimum atomic E-state index is -0.210. The number of nitrogens with zero attached hydrogens (tertiary/aromatic N) is 2. The molecule has 0 radical (unpaired) electrons. The molecule has 0 aliphatic carbocycles. The maximum atomic E-state index is 13.5. The fraction of sp³-hybridized carbons (Fsp3) is 0.407. The molecule has 1 aromatic carbocycles. The number of anilines is 2. The predicted octanol–water partition coefficient (Wildman–Crippen LogP) is 3.58. The van der Waals surface area contributed by atoms with E-state index in [-0.39, 0.29) is 17.4 Å². The van der Waals surface area contributed by atoms with Crippen molar-refractivity contribution in [3.63, 3.8) is 0 Å². The van der Waals surface area contributed by atoms with Crippen LogP contribution in [0.25, 0.3) is 11.3 Å². The summed E-state index contributed by atoms with van der Waals surface area (Å²) in [7, 11) is 1.58. The highest BCUT2D eigenvalue weighted by Gasteiger charge is 2.49. The highest BCUT2D eigenvalue weighted by Crippen LogP contribution is 2.48. The van der Waals surface area contributed by atoms with Crippen LogP contribution in [-0.2, 0) is 10.2 Å². The number of aromatic amines is 1. The van der Waals surface area contributed by atoms with Crippen LogP contribution < -0.4 is 20.1 Å². The largest absolute Gasteiger partial charge is 0.493 e. The lowest BCUT2D eigenvalue weighted by Crippen LogP contribution is -2.51. The molecule has 1 amide bonds. The number of rotatable bonds is 3. The van der Waals surface area contributed by atoms with Crippen molar-refractivity contribution < 1.29 is 19.0 Å². The standard InChI is InChI=1S/C27H28ClN5O4/c1-35-24-17(28)3-2-4-18(24)31-23-21-25-27(13-30-26(21)34)6-8-33(14-27)10-15-11-36-20(15)12-37-19-9-29-7-5-16(19)22(23)32-25/h2-5,7,9,15,20,31-32H,6,8,10-14H2,1H3,(H,30,34)/t15?,20-,27-/m1/s1. The minimum Gasteiger partial charge on any atom is -0.493 e. The second-order valence-corrected chi connectivity index (χ2v) is 10.7. The van der Waals surface area contributed by atoms with Crippen LogP contribution in [-0.4, -0.2) is 73.4 Å². The van der Waals surface area contributed by atoms with E-state index in [1.54, 1.807) is 25.6 Å². The fourth-order valence-corrected chi connectivity index (χ4v) is 6.47. The third kappa shape index (κ3) is 3.59. The zero-order chi connectivity index (χ0) is 25.1. The molecule has 6 heterocycles. The molecular weight excluding hydrogens is 494 g/mol. The van der Waals surface area contributed by atoms with E-state index in [1.165, 1.54) is 0 Å². The minimum absolute atomic E-state index is 0.0543. The van der Waals surface area contributed by atoms with E-state index in [0.29, 0.717) is 52.5 Å². The Balaban J connectivity index is 1.44. The molecule has 9 nitrogen and oxygen atoms in total. The Bertz CT molecular complexity index is 1390. The third-order valence-corrected chi connectivity index (χ3v) is 8.51. The molecule has 4 atom stereocenters. The summed E-state index contributed by atoms with van der Waals surface area (Å²) in [4.78, 5) is 24.0. The van der Waals surface area contributed by atoms with E-state index < -0.39 is 0 Å². The van der Waals surface area contributed by atoms with Crippen LogP contribution in [0.4, 0.5) is 11.4 Å². The number of amides is 1. The second kappa shape index (κ2) is 8.65. The molecule has 1 spiro atoms. The van der Waals surface area contributed by atoms with Gasteiger partial charge in [0.25, 0.3) is 5.91 Å². The summed E-state index contributed by atoms with van der Waals surface area (Å²) in [6.45, 7) is 4.60. The number of nitrogens with one attached hydrogen (secondary N) is 3. The predicted molar refractivity (Wildman–Crippen MR) is 139 cm³/mol. The number of halogens is 1. The number of para-hydroxylation sites is 1. The van der Waals surface area contributed by atoms with Gasteiger partial charge in [-0.1, -0.05) is 17.7 Å². The average Bonchev–Trinajstić information content (AvgIpc) is 3.48. The Morgan fingerprint density at radius 1 is 1.30 bits per heavy atom. The first-order chi connectivity index (χ1) is 18.1. The van der Waals surface area contributed by atoms with Gasteiger partial charge in [0.15, 0.2) is 5.75 Å². The van der Waals surface area contributed by atoms with Gasteiger partial charge in [-0.2, -0.15) is 0 Å². The zero-order valence-corrected chi connectivity index (χ0v) is 21.2. The van der Waals surface area contributed by atoms with Crippen LogP contribution in [0.5, 0.6) is 11.5 Å². The van der Waals surface area contributed by atoms with Gasteiger partial charge in [-0.3, -0.25) is 9.78 Å². The Morgan fingerprint density at radius 3 is 3.05 bits per heavy atom. The molecule has 2 saturated heterocycles. The van der Waals surface area contributed by atoms with Crippen molar-refractivity contribution in [3.8, 4) is 22.8 Å². The Labute approximate surface area is 219 Å². The molecule has 2 aromatic heterocycles. The van der Waals surface area contributed by atoms with E-state index in [1.807, 2.05) is 18.2 Å². The molecule has 2 unspecified atom stereocenters. The van der Waals surface area contributed by atoms with E-state index in [9.17, 15) is 4.79 Å². The number of hydrogen-bond donors (Lipinski definition) is 3. The highest BCUT2D eigenvalue weighted by molar-refractivity contribution is 6.32. The van der Waals surface area contributed by atoms with Crippen LogP contribution in [0.15, 0.2) is 36.7 Å². The topological polar surface area (TPSA) is 101 Å². The first-order valence-corrected chi connectivity index (χ1v) is 13.0. The van der Waals surface area contributed by atoms with Crippen molar-refractivity contribution in [1.82, 2.24) is 20.2 Å². The number of hydrogen-bond acceptors (Lipinski definition) is 7. The molecule has 4 aliphatic heterocycles. The average molecular weight is 522 g/mol. The molecule has 0 saturated carbocycles. The van der Waals surface area contributed by atoms with Crippen LogP contribution in [0.2, 0.25) is 5.02 Å². The summed E-state index contributed by atoms with van der Waals surface area (Å²) < 4.78 is 17.8. The first-order valence-electron chi connectivity index (χ1n) is 12.6. The molecule has 7 rings (SSSR count). The molecule has 4 bridgehead atoms. The highest BCUT2D eigenvalue weighted by atomic mass is 35.5. The first kappa shape index (κ1) is 22.9. The van der Waals surface area contributed by atoms with Crippen molar-refractivity contribution in [1.29, 1.82) is 0 Å². The normalized spacial score (nSPS) is 27.7. The maximum absolute atomic E-state index is 13.5. The summed E-state index contributed by atoms with van der Waals surface area (Å²) in [6, 6.07) is 7.43. The van der Waals surface area contributed by atoms with Crippen molar-refractivity contribution in [2.75, 3.05) is 51.8 Å².